The Morgan fingerprint density at radius 3 is 2.75 bits per heavy atom. The highest BCUT2D eigenvalue weighted by Crippen LogP contribution is 2.23. The first-order valence-corrected chi connectivity index (χ1v) is 7.14. The Bertz CT molecular complexity index is 413. The van der Waals surface area contributed by atoms with Crippen LogP contribution < -0.4 is 10.6 Å². The molecule has 1 aromatic rings. The van der Waals surface area contributed by atoms with Crippen molar-refractivity contribution in [3.05, 3.63) is 11.1 Å². The molecular weight excluding hydrogens is 282 g/mol. The van der Waals surface area contributed by atoms with Crippen LogP contribution in [0.1, 0.15) is 18.2 Å². The van der Waals surface area contributed by atoms with E-state index in [0.717, 1.165) is 18.1 Å². The van der Waals surface area contributed by atoms with E-state index in [1.165, 1.54) is 11.3 Å². The molecule has 0 saturated carbocycles. The number of carboxylic acids is 1. The zero-order valence-corrected chi connectivity index (χ0v) is 12.6. The number of aliphatic carboxylic acids is 1. The van der Waals surface area contributed by atoms with E-state index in [9.17, 15) is 4.79 Å². The predicted molar refractivity (Wildman–Crippen MR) is 77.3 cm³/mol. The minimum absolute atomic E-state index is 0.381. The van der Waals surface area contributed by atoms with Gasteiger partial charge in [0.1, 0.15) is 6.04 Å². The van der Waals surface area contributed by atoms with Crippen LogP contribution in [0.15, 0.2) is 5.38 Å². The Balaban J connectivity index is 2.71. The summed E-state index contributed by atoms with van der Waals surface area (Å²) >= 11 is 1.39. The second-order valence-electron chi connectivity index (χ2n) is 4.20. The first kappa shape index (κ1) is 16.8. The number of aromatic nitrogens is 1. The van der Waals surface area contributed by atoms with Crippen LogP contribution in [-0.2, 0) is 14.3 Å². The summed E-state index contributed by atoms with van der Waals surface area (Å²) in [6.07, 6.45) is 0.861. The maximum absolute atomic E-state index is 10.9. The van der Waals surface area contributed by atoms with E-state index in [1.54, 1.807) is 19.6 Å². The molecule has 0 aromatic carbocycles. The Morgan fingerprint density at radius 2 is 2.15 bits per heavy atom. The lowest BCUT2D eigenvalue weighted by Crippen LogP contribution is -2.29. The molecule has 1 aromatic heterocycles. The molecule has 20 heavy (non-hydrogen) atoms. The van der Waals surface area contributed by atoms with Crippen LogP contribution >= 0.6 is 11.3 Å². The maximum atomic E-state index is 10.9. The highest BCUT2D eigenvalue weighted by molar-refractivity contribution is 7.13. The van der Waals surface area contributed by atoms with Crippen LogP contribution in [0.25, 0.3) is 0 Å². The second kappa shape index (κ2) is 8.85. The van der Waals surface area contributed by atoms with Gasteiger partial charge in [-0.2, -0.15) is 0 Å². The van der Waals surface area contributed by atoms with Gasteiger partial charge in [0.2, 0.25) is 0 Å². The number of nitrogens with two attached hydrogens (primary N) is 1. The van der Waals surface area contributed by atoms with Crippen molar-refractivity contribution in [2.75, 3.05) is 45.4 Å². The van der Waals surface area contributed by atoms with Crippen LogP contribution in [0.2, 0.25) is 0 Å². The van der Waals surface area contributed by atoms with Gasteiger partial charge >= 0.3 is 5.97 Å². The summed E-state index contributed by atoms with van der Waals surface area (Å²) in [6, 6.07) is -1.08. The molecular formula is C12H21N3O4S. The van der Waals surface area contributed by atoms with Crippen molar-refractivity contribution in [2.24, 2.45) is 5.73 Å². The molecule has 0 spiro atoms. The topological polar surface area (TPSA) is 97.9 Å². The molecule has 0 amide bonds. The average molecular weight is 303 g/mol. The molecule has 1 unspecified atom stereocenters. The lowest BCUT2D eigenvalue weighted by molar-refractivity contribution is -0.138. The second-order valence-corrected chi connectivity index (χ2v) is 5.03. The molecule has 1 heterocycles. The fourth-order valence-corrected chi connectivity index (χ4v) is 2.51. The van der Waals surface area contributed by atoms with Gasteiger partial charge in [-0.1, -0.05) is 0 Å². The predicted octanol–water partition coefficient (Wildman–Crippen LogP) is 0.717. The van der Waals surface area contributed by atoms with E-state index < -0.39 is 12.0 Å². The monoisotopic (exact) mass is 303 g/mol. The van der Waals surface area contributed by atoms with E-state index in [1.807, 2.05) is 4.90 Å². The van der Waals surface area contributed by atoms with Crippen molar-refractivity contribution in [1.82, 2.24) is 4.98 Å². The SMILES string of the molecule is COCCCN(CCOC)c1nc(C(N)C(=O)O)cs1. The standard InChI is InChI=1S/C12H21N3O4S/c1-18-6-3-4-15(5-7-19-2)12-14-9(8-20-12)10(13)11(16)17/h8,10H,3-7,13H2,1-2H3,(H,16,17). The number of carboxylic acid groups (broad SMARTS) is 1. The third-order valence-electron chi connectivity index (χ3n) is 2.71. The van der Waals surface area contributed by atoms with Crippen LogP contribution in [0, 0.1) is 0 Å². The van der Waals surface area contributed by atoms with Gasteiger partial charge in [-0.05, 0) is 6.42 Å². The normalized spacial score (nSPS) is 12.3. The number of hydrogen-bond donors (Lipinski definition) is 2. The summed E-state index contributed by atoms with van der Waals surface area (Å²) in [5.74, 6) is -1.08. The number of rotatable bonds is 10. The van der Waals surface area contributed by atoms with Crippen molar-refractivity contribution in [1.29, 1.82) is 0 Å². The van der Waals surface area contributed by atoms with Crippen molar-refractivity contribution < 1.29 is 19.4 Å². The van der Waals surface area contributed by atoms with Crippen LogP contribution in [0.3, 0.4) is 0 Å². The zero-order valence-electron chi connectivity index (χ0n) is 11.7. The fraction of sp³-hybridized carbons (Fsp3) is 0.667. The lowest BCUT2D eigenvalue weighted by atomic mass is 10.2. The van der Waals surface area contributed by atoms with Gasteiger partial charge < -0.3 is 25.2 Å². The minimum Gasteiger partial charge on any atom is -0.480 e. The third-order valence-corrected chi connectivity index (χ3v) is 3.63. The molecule has 0 saturated heterocycles. The molecule has 114 valence electrons. The lowest BCUT2D eigenvalue weighted by Gasteiger charge is -2.21. The summed E-state index contributed by atoms with van der Waals surface area (Å²) in [4.78, 5) is 17.2. The van der Waals surface area contributed by atoms with Crippen molar-refractivity contribution in [3.63, 3.8) is 0 Å². The highest BCUT2D eigenvalue weighted by Gasteiger charge is 2.19. The summed E-state index contributed by atoms with van der Waals surface area (Å²) in [5.41, 5.74) is 5.94. The van der Waals surface area contributed by atoms with Gasteiger partial charge in [0, 0.05) is 39.3 Å². The molecule has 0 fully saturated rings. The van der Waals surface area contributed by atoms with Gasteiger partial charge in [-0.15, -0.1) is 11.3 Å². The smallest absolute Gasteiger partial charge is 0.326 e. The quantitative estimate of drug-likeness (QED) is 0.614. The van der Waals surface area contributed by atoms with E-state index >= 15 is 0 Å². The number of thiazole rings is 1. The molecule has 0 bridgehead atoms. The van der Waals surface area contributed by atoms with Crippen molar-refractivity contribution >= 4 is 22.4 Å². The molecule has 0 aliphatic rings. The number of methoxy groups -OCH3 is 2. The summed E-state index contributed by atoms with van der Waals surface area (Å²) in [5, 5.41) is 11.3. The average Bonchev–Trinajstić information content (AvgIpc) is 2.91. The van der Waals surface area contributed by atoms with E-state index in [0.29, 0.717) is 25.5 Å². The molecule has 7 nitrogen and oxygen atoms in total. The maximum Gasteiger partial charge on any atom is 0.326 e. The summed E-state index contributed by atoms with van der Waals surface area (Å²) in [6.45, 7) is 2.70. The Kier molecular flexibility index (Phi) is 7.45. The van der Waals surface area contributed by atoms with Gasteiger partial charge in [0.05, 0.1) is 12.3 Å². The number of hydrogen-bond acceptors (Lipinski definition) is 7. The molecule has 1 rings (SSSR count). The molecule has 0 aliphatic carbocycles. The van der Waals surface area contributed by atoms with Crippen LogP contribution in [-0.4, -0.2) is 56.6 Å². The number of carbonyl (C=O) groups is 1. The molecule has 1 atom stereocenters. The highest BCUT2D eigenvalue weighted by atomic mass is 32.1. The Morgan fingerprint density at radius 1 is 1.45 bits per heavy atom. The summed E-state index contributed by atoms with van der Waals surface area (Å²) in [7, 11) is 3.30. The van der Waals surface area contributed by atoms with E-state index in [2.05, 4.69) is 4.98 Å². The van der Waals surface area contributed by atoms with E-state index in [4.69, 9.17) is 20.3 Å². The number of ether oxygens (including phenoxy) is 2. The molecule has 0 radical (unpaired) electrons. The first-order valence-electron chi connectivity index (χ1n) is 6.26. The van der Waals surface area contributed by atoms with Gasteiger partial charge in [0.15, 0.2) is 5.13 Å². The number of nitrogens with zero attached hydrogens (tertiary/aromatic N) is 2. The van der Waals surface area contributed by atoms with Crippen LogP contribution in [0.5, 0.6) is 0 Å². The summed E-state index contributed by atoms with van der Waals surface area (Å²) < 4.78 is 10.1. The minimum atomic E-state index is -1.08. The molecule has 8 heteroatoms. The van der Waals surface area contributed by atoms with Crippen molar-refractivity contribution in [3.8, 4) is 0 Å². The number of anilines is 1. The van der Waals surface area contributed by atoms with Gasteiger partial charge in [-0.25, -0.2) is 4.98 Å². The molecule has 0 aliphatic heterocycles. The van der Waals surface area contributed by atoms with Gasteiger partial charge in [-0.3, -0.25) is 4.79 Å². The van der Waals surface area contributed by atoms with Crippen molar-refractivity contribution in [2.45, 2.75) is 12.5 Å². The first-order chi connectivity index (χ1) is 9.60. The zero-order chi connectivity index (χ0) is 15.0. The Hall–Kier alpha value is -1.22. The molecule has 3 N–H and O–H groups in total. The van der Waals surface area contributed by atoms with Gasteiger partial charge in [0.25, 0.3) is 0 Å². The fourth-order valence-electron chi connectivity index (χ4n) is 1.60. The largest absolute Gasteiger partial charge is 0.480 e. The van der Waals surface area contributed by atoms with E-state index in [-0.39, 0.29) is 0 Å². The Labute approximate surface area is 122 Å². The van der Waals surface area contributed by atoms with Crippen LogP contribution in [0.4, 0.5) is 5.13 Å². The third kappa shape index (κ3) is 5.04.